The molecular formula is C23H20FN3O4S. The van der Waals surface area contributed by atoms with Gasteiger partial charge in [-0.3, -0.25) is 14.5 Å². The maximum absolute atomic E-state index is 13.9. The minimum Gasteiger partial charge on any atom is -0.488 e. The van der Waals surface area contributed by atoms with Crippen LogP contribution in [0.5, 0.6) is 5.75 Å². The number of rotatable bonds is 7. The van der Waals surface area contributed by atoms with Crippen LogP contribution >= 0.6 is 0 Å². The number of nitrogens with one attached hydrogen (secondary N) is 2. The lowest BCUT2D eigenvalue weighted by atomic mass is 10.1. The van der Waals surface area contributed by atoms with Crippen molar-refractivity contribution in [1.29, 1.82) is 0 Å². The summed E-state index contributed by atoms with van der Waals surface area (Å²) in [7, 11) is -3.68. The Labute approximate surface area is 185 Å². The van der Waals surface area contributed by atoms with Gasteiger partial charge in [-0.2, -0.15) is 0 Å². The summed E-state index contributed by atoms with van der Waals surface area (Å²) in [5.74, 6) is -0.731. The number of para-hydroxylation sites is 1. The van der Waals surface area contributed by atoms with Crippen LogP contribution < -0.4 is 14.8 Å². The fourth-order valence-electron chi connectivity index (χ4n) is 3.28. The number of nitrogens with zero attached hydrogens (tertiary/aromatic N) is 1. The van der Waals surface area contributed by atoms with E-state index in [4.69, 9.17) is 4.74 Å². The van der Waals surface area contributed by atoms with Gasteiger partial charge in [-0.25, -0.2) is 12.8 Å². The molecule has 1 atom stereocenters. The second kappa shape index (κ2) is 9.19. The summed E-state index contributed by atoms with van der Waals surface area (Å²) < 4.78 is 46.2. The number of carbonyl (C=O) groups is 1. The number of amides is 1. The average Bonchev–Trinajstić information content (AvgIpc) is 3.07. The van der Waals surface area contributed by atoms with E-state index in [1.54, 1.807) is 30.3 Å². The molecule has 0 spiro atoms. The Hall–Kier alpha value is -3.72. The molecule has 0 aliphatic carbocycles. The molecule has 32 heavy (non-hydrogen) atoms. The zero-order chi connectivity index (χ0) is 22.6. The molecule has 0 aromatic heterocycles. The highest BCUT2D eigenvalue weighted by Gasteiger charge is 2.30. The van der Waals surface area contributed by atoms with Gasteiger partial charge in [0.15, 0.2) is 11.6 Å². The molecule has 9 heteroatoms. The molecule has 1 unspecified atom stereocenters. The van der Waals surface area contributed by atoms with Gasteiger partial charge in [0.2, 0.25) is 5.91 Å². The third-order valence-corrected chi connectivity index (χ3v) is 6.22. The molecule has 0 saturated carbocycles. The highest BCUT2D eigenvalue weighted by molar-refractivity contribution is 7.90. The number of fused-ring (bicyclic) bond motifs is 1. The number of benzene rings is 3. The molecule has 3 aromatic rings. The quantitative estimate of drug-likeness (QED) is 0.575. The summed E-state index contributed by atoms with van der Waals surface area (Å²) in [4.78, 5) is 16.9. The zero-order valence-corrected chi connectivity index (χ0v) is 17.7. The fourth-order valence-corrected chi connectivity index (χ4v) is 4.53. The van der Waals surface area contributed by atoms with Crippen molar-refractivity contribution in [2.45, 2.75) is 10.9 Å². The number of carbonyl (C=O) groups excluding carboxylic acids is 1. The van der Waals surface area contributed by atoms with Crippen LogP contribution in [-0.2, 0) is 14.8 Å². The molecule has 1 heterocycles. The first kappa shape index (κ1) is 21.5. The number of halogens is 1. The van der Waals surface area contributed by atoms with E-state index in [1.807, 2.05) is 30.3 Å². The van der Waals surface area contributed by atoms with Gasteiger partial charge >= 0.3 is 0 Å². The summed E-state index contributed by atoms with van der Waals surface area (Å²) in [6, 6.07) is 21.0. The Morgan fingerprint density at radius 2 is 1.69 bits per heavy atom. The van der Waals surface area contributed by atoms with E-state index in [1.165, 1.54) is 18.2 Å². The SMILES string of the molecule is O=C(CN=C1NS(=O)(=O)c2ccccc21)NC(COc1ccccc1F)c1ccccc1. The van der Waals surface area contributed by atoms with Crippen molar-refractivity contribution >= 4 is 21.8 Å². The average molecular weight is 453 g/mol. The highest BCUT2D eigenvalue weighted by atomic mass is 32.2. The van der Waals surface area contributed by atoms with Crippen molar-refractivity contribution in [3.05, 3.63) is 95.8 Å². The molecule has 7 nitrogen and oxygen atoms in total. The van der Waals surface area contributed by atoms with Gasteiger partial charge in [0.05, 0.1) is 10.9 Å². The topological polar surface area (TPSA) is 96.9 Å². The van der Waals surface area contributed by atoms with Gasteiger partial charge in [-0.1, -0.05) is 54.6 Å². The van der Waals surface area contributed by atoms with Crippen molar-refractivity contribution in [3.8, 4) is 5.75 Å². The maximum atomic E-state index is 13.9. The number of sulfonamides is 1. The Kier molecular flexibility index (Phi) is 6.18. The first-order valence-corrected chi connectivity index (χ1v) is 11.3. The van der Waals surface area contributed by atoms with Crippen LogP contribution in [0.2, 0.25) is 0 Å². The molecule has 0 radical (unpaired) electrons. The number of amidine groups is 1. The highest BCUT2D eigenvalue weighted by Crippen LogP contribution is 2.22. The summed E-state index contributed by atoms with van der Waals surface area (Å²) in [5, 5.41) is 2.82. The van der Waals surface area contributed by atoms with Crippen molar-refractivity contribution in [2.24, 2.45) is 4.99 Å². The van der Waals surface area contributed by atoms with Crippen LogP contribution in [-0.4, -0.2) is 33.3 Å². The molecule has 2 N–H and O–H groups in total. The molecule has 3 aromatic carbocycles. The van der Waals surface area contributed by atoms with E-state index in [0.29, 0.717) is 5.56 Å². The van der Waals surface area contributed by atoms with Crippen LogP contribution in [0, 0.1) is 5.82 Å². The van der Waals surface area contributed by atoms with E-state index < -0.39 is 27.8 Å². The molecule has 1 amide bonds. The molecule has 1 aliphatic rings. The Morgan fingerprint density at radius 3 is 2.47 bits per heavy atom. The number of hydrogen-bond donors (Lipinski definition) is 2. The van der Waals surface area contributed by atoms with Crippen molar-refractivity contribution in [1.82, 2.24) is 10.0 Å². The van der Waals surface area contributed by atoms with Crippen LogP contribution in [0.3, 0.4) is 0 Å². The second-order valence-corrected chi connectivity index (χ2v) is 8.69. The lowest BCUT2D eigenvalue weighted by molar-refractivity contribution is -0.120. The Morgan fingerprint density at radius 1 is 1.00 bits per heavy atom. The molecule has 0 fully saturated rings. The second-order valence-electron chi connectivity index (χ2n) is 7.04. The van der Waals surface area contributed by atoms with E-state index in [-0.39, 0.29) is 29.6 Å². The minimum absolute atomic E-state index is 0.00270. The Bertz CT molecular complexity index is 1260. The molecule has 0 saturated heterocycles. The summed E-state index contributed by atoms with van der Waals surface area (Å²) in [5.41, 5.74) is 1.19. The third-order valence-electron chi connectivity index (χ3n) is 4.82. The first-order chi connectivity index (χ1) is 15.4. The van der Waals surface area contributed by atoms with Gasteiger partial charge in [0.1, 0.15) is 19.0 Å². The third kappa shape index (κ3) is 4.78. The predicted molar refractivity (Wildman–Crippen MR) is 117 cm³/mol. The summed E-state index contributed by atoms with van der Waals surface area (Å²) in [6.07, 6.45) is 0. The molecular weight excluding hydrogens is 433 g/mol. The summed E-state index contributed by atoms with van der Waals surface area (Å²) >= 11 is 0. The number of ether oxygens (including phenoxy) is 1. The van der Waals surface area contributed by atoms with Gasteiger partial charge in [0, 0.05) is 5.56 Å². The number of aliphatic imine (C=N–C) groups is 1. The molecule has 164 valence electrons. The fraction of sp³-hybridized carbons (Fsp3) is 0.130. The van der Waals surface area contributed by atoms with Gasteiger partial charge in [-0.05, 0) is 29.8 Å². The Balaban J connectivity index is 1.47. The predicted octanol–water partition coefficient (Wildman–Crippen LogP) is 2.80. The summed E-state index contributed by atoms with van der Waals surface area (Å²) in [6.45, 7) is -0.294. The smallest absolute Gasteiger partial charge is 0.263 e. The molecule has 0 bridgehead atoms. The van der Waals surface area contributed by atoms with E-state index in [9.17, 15) is 17.6 Å². The zero-order valence-electron chi connectivity index (χ0n) is 16.9. The minimum atomic E-state index is -3.68. The van der Waals surface area contributed by atoms with Gasteiger partial charge in [-0.15, -0.1) is 0 Å². The number of hydrogen-bond acceptors (Lipinski definition) is 5. The largest absolute Gasteiger partial charge is 0.488 e. The molecule has 4 rings (SSSR count). The van der Waals surface area contributed by atoms with Gasteiger partial charge in [0.25, 0.3) is 10.0 Å². The van der Waals surface area contributed by atoms with Crippen LogP contribution in [0.25, 0.3) is 0 Å². The van der Waals surface area contributed by atoms with Gasteiger partial charge < -0.3 is 10.1 Å². The van der Waals surface area contributed by atoms with E-state index >= 15 is 0 Å². The van der Waals surface area contributed by atoms with Crippen molar-refractivity contribution < 1.29 is 22.3 Å². The van der Waals surface area contributed by atoms with E-state index in [2.05, 4.69) is 15.0 Å². The molecule has 1 aliphatic heterocycles. The van der Waals surface area contributed by atoms with Crippen LogP contribution in [0.1, 0.15) is 17.2 Å². The van der Waals surface area contributed by atoms with E-state index in [0.717, 1.165) is 5.56 Å². The lowest BCUT2D eigenvalue weighted by Gasteiger charge is -2.20. The maximum Gasteiger partial charge on any atom is 0.263 e. The normalized spacial score (nSPS) is 16.1. The van der Waals surface area contributed by atoms with Crippen molar-refractivity contribution in [3.63, 3.8) is 0 Å². The lowest BCUT2D eigenvalue weighted by Crippen LogP contribution is -2.34. The monoisotopic (exact) mass is 453 g/mol. The first-order valence-electron chi connectivity index (χ1n) is 9.82. The standard InChI is InChI=1S/C23H20FN3O4S/c24-18-11-5-6-12-20(18)31-15-19(16-8-2-1-3-9-16)26-22(28)14-25-23-17-10-4-7-13-21(17)32(29,30)27-23/h1-13,19H,14-15H2,(H,25,27)(H,26,28). The van der Waals surface area contributed by atoms with Crippen LogP contribution in [0.15, 0.2) is 88.8 Å². The van der Waals surface area contributed by atoms with Crippen LogP contribution in [0.4, 0.5) is 4.39 Å². The van der Waals surface area contributed by atoms with Crippen molar-refractivity contribution in [2.75, 3.05) is 13.2 Å².